The predicted molar refractivity (Wildman–Crippen MR) is 270 cm³/mol. The van der Waals surface area contributed by atoms with E-state index in [1.54, 1.807) is 0 Å². The second-order valence-corrected chi connectivity index (χ2v) is 41.6. The molecule has 0 aliphatic carbocycles. The molecule has 0 bridgehead atoms. The molecule has 24 heteroatoms. The van der Waals surface area contributed by atoms with Gasteiger partial charge in [-0.2, -0.15) is 0 Å². The van der Waals surface area contributed by atoms with Crippen LogP contribution in [0.1, 0.15) is 109 Å². The second kappa shape index (κ2) is 32.1. The van der Waals surface area contributed by atoms with Crippen molar-refractivity contribution in [1.82, 2.24) is 0 Å². The average molecular weight is 1060 g/mol. The molecule has 1 aliphatic rings. The van der Waals surface area contributed by atoms with Crippen LogP contribution in [0.4, 0.5) is 0 Å². The average Bonchev–Trinajstić information content (AvgIpc) is 3.18. The molecule has 1 fully saturated rings. The van der Waals surface area contributed by atoms with Crippen molar-refractivity contribution in [3.8, 4) is 0 Å². The van der Waals surface area contributed by atoms with Gasteiger partial charge in [0.25, 0.3) is 0 Å². The SMILES string of the molecule is CCO[Si](CCC[Si]1(C)O[Si](C)(CCC[Si](OCC)(OCC)OCC)O[Si](C)(CCC[Si](OCC)(OCC)OCC)O[Si](C)(CCC[Si](OCC)(OCC)OCC)O1)(OCC)OCC. The molecule has 0 atom stereocenters. The smallest absolute Gasteiger partial charge is 0.416 e. The van der Waals surface area contributed by atoms with Crippen LogP contribution in [0.15, 0.2) is 0 Å². The molecule has 1 heterocycles. The van der Waals surface area contributed by atoms with Crippen molar-refractivity contribution in [3.63, 3.8) is 0 Å². The maximum atomic E-state index is 7.65. The minimum atomic E-state index is -3.06. The highest BCUT2D eigenvalue weighted by Crippen LogP contribution is 2.41. The Hall–Kier alpha value is 1.10. The zero-order valence-electron chi connectivity index (χ0n) is 43.5. The summed E-state index contributed by atoms with van der Waals surface area (Å²) in [5.74, 6) is 0. The molecular weight excluding hydrogens is 961 g/mol. The summed E-state index contributed by atoms with van der Waals surface area (Å²) < 4.78 is 106. The van der Waals surface area contributed by atoms with Crippen LogP contribution in [-0.2, 0) is 69.6 Å². The molecule has 0 spiro atoms. The molecule has 0 unspecified atom stereocenters. The van der Waals surface area contributed by atoms with Crippen LogP contribution in [0.3, 0.4) is 0 Å². The van der Waals surface area contributed by atoms with E-state index in [2.05, 4.69) is 26.2 Å². The first kappa shape index (κ1) is 63.1. The first-order chi connectivity index (χ1) is 30.4. The fraction of sp³-hybridized carbons (Fsp3) is 1.00. The van der Waals surface area contributed by atoms with E-state index in [1.807, 2.05) is 83.1 Å². The fourth-order valence-electron chi connectivity index (χ4n) is 8.83. The van der Waals surface area contributed by atoms with Gasteiger partial charge in [0, 0.05) is 103 Å². The molecule has 1 saturated heterocycles. The molecule has 384 valence electrons. The predicted octanol–water partition coefficient (Wildman–Crippen LogP) is 10.1. The second-order valence-electron chi connectivity index (χ2n) is 16.3. The molecule has 64 heavy (non-hydrogen) atoms. The van der Waals surface area contributed by atoms with E-state index >= 15 is 0 Å². The van der Waals surface area contributed by atoms with E-state index < -0.39 is 69.5 Å². The topological polar surface area (TPSA) is 148 Å². The summed E-state index contributed by atoms with van der Waals surface area (Å²) in [6, 6.07) is 5.41. The summed E-state index contributed by atoms with van der Waals surface area (Å²) in [7, 11) is -24.0. The third kappa shape index (κ3) is 22.0. The van der Waals surface area contributed by atoms with Crippen molar-refractivity contribution >= 4 is 69.5 Å². The lowest BCUT2D eigenvalue weighted by Gasteiger charge is -2.50. The van der Waals surface area contributed by atoms with E-state index in [0.717, 1.165) is 25.7 Å². The van der Waals surface area contributed by atoms with E-state index in [0.29, 0.717) is 128 Å². The first-order valence-electron chi connectivity index (χ1n) is 24.9. The summed E-state index contributed by atoms with van der Waals surface area (Å²) in [5.41, 5.74) is 0. The Bertz CT molecular complexity index is 952. The Morgan fingerprint density at radius 1 is 0.250 bits per heavy atom. The van der Waals surface area contributed by atoms with E-state index in [4.69, 9.17) is 69.6 Å². The number of hydrogen-bond donors (Lipinski definition) is 0. The van der Waals surface area contributed by atoms with Gasteiger partial charge < -0.3 is 69.6 Å². The summed E-state index contributed by atoms with van der Waals surface area (Å²) in [6.45, 7) is 39.0. The lowest BCUT2D eigenvalue weighted by Crippen LogP contribution is -2.67. The van der Waals surface area contributed by atoms with Crippen molar-refractivity contribution in [2.24, 2.45) is 0 Å². The van der Waals surface area contributed by atoms with Crippen molar-refractivity contribution in [3.05, 3.63) is 0 Å². The lowest BCUT2D eigenvalue weighted by atomic mass is 10.6. The lowest BCUT2D eigenvalue weighted by molar-refractivity contribution is 0.0702. The van der Waals surface area contributed by atoms with Gasteiger partial charge in [0.1, 0.15) is 0 Å². The van der Waals surface area contributed by atoms with E-state index in [9.17, 15) is 0 Å². The standard InChI is InChI=1S/C40H96O16Si8/c1-17-41-61(42-18-2,43-19-3)37-29-33-57(13)53-58(14,34-30-38-62(44-20-4,45-21-5)46-22-6)55-60(16,36-32-40-64(50-26-10,51-27-11)52-28-12)56-59(15,54-57)35-31-39-63(47-23-7,48-24-8)49-25-9/h17-40H2,1-16H3. The maximum absolute atomic E-state index is 7.65. The Morgan fingerprint density at radius 2 is 0.375 bits per heavy atom. The summed E-state index contributed by atoms with van der Waals surface area (Å²) in [6.07, 6.45) is 3.01. The Morgan fingerprint density at radius 3 is 0.484 bits per heavy atom. The van der Waals surface area contributed by atoms with Gasteiger partial charge in [0.15, 0.2) is 0 Å². The normalized spacial score (nSPS) is 24.0. The third-order valence-corrected chi connectivity index (χ3v) is 42.0. The van der Waals surface area contributed by atoms with Crippen LogP contribution in [0.2, 0.25) is 74.5 Å². The highest BCUT2D eigenvalue weighted by molar-refractivity contribution is 6.94. The fourth-order valence-corrected chi connectivity index (χ4v) is 44.0. The third-order valence-electron chi connectivity index (χ3n) is 10.6. The summed E-state index contributed by atoms with van der Waals surface area (Å²) in [4.78, 5) is 0. The largest absolute Gasteiger partial charge is 0.500 e. The van der Waals surface area contributed by atoms with Crippen LogP contribution in [0, 0.1) is 0 Å². The van der Waals surface area contributed by atoms with E-state index in [-0.39, 0.29) is 0 Å². The highest BCUT2D eigenvalue weighted by Gasteiger charge is 2.58. The van der Waals surface area contributed by atoms with Crippen LogP contribution < -0.4 is 0 Å². The minimum absolute atomic E-state index is 0.518. The molecule has 0 aromatic rings. The highest BCUT2D eigenvalue weighted by atomic mass is 28.5. The van der Waals surface area contributed by atoms with Crippen LogP contribution in [0.5, 0.6) is 0 Å². The molecule has 0 aromatic carbocycles. The van der Waals surface area contributed by atoms with Gasteiger partial charge >= 0.3 is 69.5 Å². The van der Waals surface area contributed by atoms with Crippen LogP contribution in [-0.4, -0.2) is 149 Å². The maximum Gasteiger partial charge on any atom is 0.500 e. The van der Waals surface area contributed by atoms with Gasteiger partial charge in [0.05, 0.1) is 0 Å². The monoisotopic (exact) mass is 1060 g/mol. The Labute approximate surface area is 399 Å². The van der Waals surface area contributed by atoms with Crippen molar-refractivity contribution in [2.45, 2.75) is 183 Å². The number of rotatable bonds is 40. The molecule has 0 amide bonds. The molecule has 0 saturated carbocycles. The molecule has 0 aromatic heterocycles. The van der Waals surface area contributed by atoms with Crippen LogP contribution in [0.25, 0.3) is 0 Å². The minimum Gasteiger partial charge on any atom is -0.416 e. The van der Waals surface area contributed by atoms with Gasteiger partial charge in [-0.05, 0) is 159 Å². The van der Waals surface area contributed by atoms with Crippen molar-refractivity contribution in [2.75, 3.05) is 79.3 Å². The summed E-state index contributed by atoms with van der Waals surface area (Å²) in [5, 5.41) is 0. The van der Waals surface area contributed by atoms with Gasteiger partial charge in [0.2, 0.25) is 0 Å². The summed E-state index contributed by atoms with van der Waals surface area (Å²) >= 11 is 0. The molecular formula is C40H96O16Si8. The van der Waals surface area contributed by atoms with Gasteiger partial charge in [-0.1, -0.05) is 0 Å². The van der Waals surface area contributed by atoms with Gasteiger partial charge in [-0.15, -0.1) is 0 Å². The van der Waals surface area contributed by atoms with Gasteiger partial charge in [-0.25, -0.2) is 0 Å². The Balaban J connectivity index is 3.88. The zero-order valence-corrected chi connectivity index (χ0v) is 51.5. The molecule has 0 radical (unpaired) electrons. The quantitative estimate of drug-likeness (QED) is 0.0536. The van der Waals surface area contributed by atoms with Crippen molar-refractivity contribution < 1.29 is 69.6 Å². The first-order valence-corrected chi connectivity index (χ1v) is 42.7. The molecule has 1 aliphatic heterocycles. The van der Waals surface area contributed by atoms with E-state index in [1.165, 1.54) is 0 Å². The molecule has 1 rings (SSSR count). The van der Waals surface area contributed by atoms with Gasteiger partial charge in [-0.3, -0.25) is 0 Å². The molecule has 0 N–H and O–H groups in total. The number of hydrogen-bond acceptors (Lipinski definition) is 16. The Kier molecular flexibility index (Phi) is 31.7. The molecule has 16 nitrogen and oxygen atoms in total. The van der Waals surface area contributed by atoms with Crippen LogP contribution >= 0.6 is 0 Å². The zero-order chi connectivity index (χ0) is 48.3. The van der Waals surface area contributed by atoms with Crippen molar-refractivity contribution in [1.29, 1.82) is 0 Å².